The number of fused-ring (bicyclic) bond motifs is 6. The fraction of sp³-hybridized carbons (Fsp3) is 0.302. The van der Waals surface area contributed by atoms with Crippen LogP contribution in [0, 0.1) is 18.2 Å². The van der Waals surface area contributed by atoms with Crippen molar-refractivity contribution in [2.45, 2.75) is 105 Å². The molecule has 2 heterocycles. The minimum atomic E-state index is -0.683. The lowest BCUT2D eigenvalue weighted by molar-refractivity contribution is 0.589. The molecular formula is C53H53F2N3. The van der Waals surface area contributed by atoms with E-state index in [9.17, 15) is 0 Å². The Labute approximate surface area is 341 Å². The van der Waals surface area contributed by atoms with E-state index in [4.69, 9.17) is 6.57 Å². The van der Waals surface area contributed by atoms with E-state index >= 15 is 8.78 Å². The van der Waals surface area contributed by atoms with Gasteiger partial charge in [-0.15, -0.1) is 0 Å². The summed E-state index contributed by atoms with van der Waals surface area (Å²) in [6.07, 6.45) is 0. The lowest BCUT2D eigenvalue weighted by atomic mass is 9.85. The molecule has 5 heteroatoms. The first-order valence-corrected chi connectivity index (χ1v) is 20.3. The van der Waals surface area contributed by atoms with E-state index in [1.165, 1.54) is 40.5 Å². The molecule has 0 N–H and O–H groups in total. The Balaban J connectivity index is 1.57. The average Bonchev–Trinajstić information content (AvgIpc) is 3.64. The zero-order valence-corrected chi connectivity index (χ0v) is 35.9. The molecule has 0 spiro atoms. The fourth-order valence-electron chi connectivity index (χ4n) is 8.46. The van der Waals surface area contributed by atoms with Crippen LogP contribution in [-0.4, -0.2) is 9.13 Å². The number of aromatic nitrogens is 2. The summed E-state index contributed by atoms with van der Waals surface area (Å²) in [4.78, 5) is 4.35. The van der Waals surface area contributed by atoms with Gasteiger partial charge in [0.1, 0.15) is 11.6 Å². The molecule has 0 amide bonds. The molecule has 0 unspecified atom stereocenters. The molecule has 0 atom stereocenters. The number of nitrogens with zero attached hydrogens (tertiary/aromatic N) is 3. The standard InChI is InChI=1S/C53H53F2N3/c1-50(2,3)31-17-22-42-36(27-31)37-28-32(51(4,5)6)18-23-43(37)57(42)46-26-21-35(47-40(54)15-14-16-41(47)55)49(48(46)56-13)58-44-24-19-33(52(7,8)9)29-38(44)39-30-34(53(10,11)12)20-25-45(39)58/h14-30H,1-12H3. The van der Waals surface area contributed by atoms with Gasteiger partial charge < -0.3 is 9.13 Å². The van der Waals surface area contributed by atoms with Crippen LogP contribution in [0.3, 0.4) is 0 Å². The van der Waals surface area contributed by atoms with E-state index in [1.54, 1.807) is 6.07 Å². The van der Waals surface area contributed by atoms with Gasteiger partial charge >= 0.3 is 0 Å². The maximum atomic E-state index is 16.1. The SMILES string of the molecule is [C-]#[N+]c1c(-n2c3ccc(C(C)(C)C)cc3c3cc(C(C)(C)C)ccc32)ccc(-c2c(F)cccc2F)c1-n1c2ccc(C(C)(C)C)cc2c2cc(C(C)(C)C)ccc21. The normalized spacial score (nSPS) is 13.0. The number of hydrogen-bond acceptors (Lipinski definition) is 0. The van der Waals surface area contributed by atoms with Gasteiger partial charge in [-0.05, 0) is 111 Å². The zero-order valence-electron chi connectivity index (χ0n) is 35.9. The van der Waals surface area contributed by atoms with Crippen LogP contribution in [0.2, 0.25) is 0 Å². The van der Waals surface area contributed by atoms with E-state index in [0.717, 1.165) is 43.6 Å². The second kappa shape index (κ2) is 13.1. The second-order valence-corrected chi connectivity index (χ2v) is 20.1. The summed E-state index contributed by atoms with van der Waals surface area (Å²) < 4.78 is 36.5. The highest BCUT2D eigenvalue weighted by Crippen LogP contribution is 2.48. The number of benzene rings is 6. The highest BCUT2D eigenvalue weighted by atomic mass is 19.1. The Morgan fingerprint density at radius 2 is 0.793 bits per heavy atom. The Hall–Kier alpha value is -5.73. The van der Waals surface area contributed by atoms with Crippen LogP contribution in [0.5, 0.6) is 0 Å². The van der Waals surface area contributed by atoms with E-state index in [1.807, 2.05) is 6.07 Å². The number of hydrogen-bond donors (Lipinski definition) is 0. The van der Waals surface area contributed by atoms with Crippen LogP contribution in [-0.2, 0) is 21.7 Å². The molecule has 2 aromatic heterocycles. The molecule has 0 fully saturated rings. The molecule has 3 nitrogen and oxygen atoms in total. The Bertz CT molecular complexity index is 2850. The van der Waals surface area contributed by atoms with Gasteiger partial charge in [0.05, 0.1) is 45.6 Å². The highest BCUT2D eigenvalue weighted by molar-refractivity contribution is 6.13. The molecule has 0 aliphatic rings. The number of halogens is 2. The molecule has 8 aromatic rings. The monoisotopic (exact) mass is 769 g/mol. The van der Waals surface area contributed by atoms with Crippen LogP contribution in [0.25, 0.3) is 71.0 Å². The van der Waals surface area contributed by atoms with Crippen molar-refractivity contribution in [3.05, 3.63) is 148 Å². The summed E-state index contributed by atoms with van der Waals surface area (Å²) in [5.41, 5.74) is 9.56. The highest BCUT2D eigenvalue weighted by Gasteiger charge is 2.29. The van der Waals surface area contributed by atoms with Gasteiger partial charge in [-0.3, -0.25) is 0 Å². The lowest BCUT2D eigenvalue weighted by Gasteiger charge is -2.22. The molecule has 0 radical (unpaired) electrons. The Morgan fingerprint density at radius 3 is 1.12 bits per heavy atom. The first-order valence-electron chi connectivity index (χ1n) is 20.3. The first kappa shape index (κ1) is 39.1. The van der Waals surface area contributed by atoms with Gasteiger partial charge in [-0.25, -0.2) is 13.6 Å². The van der Waals surface area contributed by atoms with E-state index in [-0.39, 0.29) is 27.2 Å². The molecule has 8 rings (SSSR count). The van der Waals surface area contributed by atoms with Crippen molar-refractivity contribution in [2.75, 3.05) is 0 Å². The second-order valence-electron chi connectivity index (χ2n) is 20.1. The third-order valence-electron chi connectivity index (χ3n) is 11.9. The maximum absolute atomic E-state index is 16.1. The molecule has 0 bridgehead atoms. The molecular weight excluding hydrogens is 717 g/mol. The van der Waals surface area contributed by atoms with E-state index < -0.39 is 11.6 Å². The van der Waals surface area contributed by atoms with Crippen molar-refractivity contribution in [3.8, 4) is 22.5 Å². The molecule has 0 aliphatic heterocycles. The number of rotatable bonds is 3. The summed E-state index contributed by atoms with van der Waals surface area (Å²) in [5, 5.41) is 4.24. The molecule has 0 saturated carbocycles. The quantitative estimate of drug-likeness (QED) is 0.159. The van der Waals surface area contributed by atoms with Crippen LogP contribution in [0.1, 0.15) is 105 Å². The van der Waals surface area contributed by atoms with E-state index in [0.29, 0.717) is 22.6 Å². The largest absolute Gasteiger partial charge is 0.319 e. The van der Waals surface area contributed by atoms with Gasteiger partial charge in [0.25, 0.3) is 0 Å². The summed E-state index contributed by atoms with van der Waals surface area (Å²) in [5.74, 6) is -1.37. The van der Waals surface area contributed by atoms with Crippen molar-refractivity contribution in [3.63, 3.8) is 0 Å². The summed E-state index contributed by atoms with van der Waals surface area (Å²) >= 11 is 0. The van der Waals surface area contributed by atoms with Gasteiger partial charge in [0.2, 0.25) is 5.69 Å². The van der Waals surface area contributed by atoms with Gasteiger partial charge in [-0.2, -0.15) is 0 Å². The van der Waals surface area contributed by atoms with Crippen LogP contribution >= 0.6 is 0 Å². The smallest absolute Gasteiger partial charge is 0.234 e. The first-order chi connectivity index (χ1) is 27.1. The van der Waals surface area contributed by atoms with Crippen LogP contribution < -0.4 is 0 Å². The molecule has 0 saturated heterocycles. The van der Waals surface area contributed by atoms with Crippen LogP contribution in [0.4, 0.5) is 14.5 Å². The third kappa shape index (κ3) is 6.29. The lowest BCUT2D eigenvalue weighted by Crippen LogP contribution is -2.10. The van der Waals surface area contributed by atoms with Crippen molar-refractivity contribution >= 4 is 49.3 Å². The van der Waals surface area contributed by atoms with Crippen molar-refractivity contribution < 1.29 is 8.78 Å². The van der Waals surface area contributed by atoms with Crippen molar-refractivity contribution in [2.24, 2.45) is 0 Å². The van der Waals surface area contributed by atoms with Crippen molar-refractivity contribution in [1.29, 1.82) is 0 Å². The predicted octanol–water partition coefficient (Wildman–Crippen LogP) is 15.6. The molecule has 0 aliphatic carbocycles. The van der Waals surface area contributed by atoms with E-state index in [2.05, 4.69) is 170 Å². The summed E-state index contributed by atoms with van der Waals surface area (Å²) in [6.45, 7) is 35.5. The minimum Gasteiger partial charge on any atom is -0.319 e. The molecule has 294 valence electrons. The fourth-order valence-corrected chi connectivity index (χ4v) is 8.46. The predicted molar refractivity (Wildman–Crippen MR) is 242 cm³/mol. The summed E-state index contributed by atoms with van der Waals surface area (Å²) in [7, 11) is 0. The third-order valence-corrected chi connectivity index (χ3v) is 11.9. The van der Waals surface area contributed by atoms with Crippen molar-refractivity contribution in [1.82, 2.24) is 9.13 Å². The molecule has 6 aromatic carbocycles. The Morgan fingerprint density at radius 1 is 0.448 bits per heavy atom. The zero-order chi connectivity index (χ0) is 41.9. The summed E-state index contributed by atoms with van der Waals surface area (Å²) in [6, 6.07) is 33.9. The average molecular weight is 770 g/mol. The Kier molecular flexibility index (Phi) is 8.87. The van der Waals surface area contributed by atoms with Crippen LogP contribution in [0.15, 0.2) is 103 Å². The van der Waals surface area contributed by atoms with Gasteiger partial charge in [0.15, 0.2) is 0 Å². The van der Waals surface area contributed by atoms with Gasteiger partial charge in [0, 0.05) is 27.1 Å². The minimum absolute atomic E-state index is 0.0825. The molecule has 58 heavy (non-hydrogen) atoms. The maximum Gasteiger partial charge on any atom is 0.234 e. The topological polar surface area (TPSA) is 14.2 Å². The van der Waals surface area contributed by atoms with Gasteiger partial charge in [-0.1, -0.05) is 119 Å².